The molecule has 1 heterocycles. The maximum absolute atomic E-state index is 12.2. The lowest BCUT2D eigenvalue weighted by atomic mass is 10.3. The van der Waals surface area contributed by atoms with Gasteiger partial charge < -0.3 is 9.47 Å². The highest BCUT2D eigenvalue weighted by Crippen LogP contribution is 2.37. The van der Waals surface area contributed by atoms with Crippen LogP contribution in [-0.2, 0) is 13.5 Å². The Bertz CT molecular complexity index is 616. The summed E-state index contributed by atoms with van der Waals surface area (Å²) in [5.41, 5.74) is 0.733. The Balaban J connectivity index is 1.98. The molecule has 1 aromatic carbocycles. The lowest BCUT2D eigenvalue weighted by Crippen LogP contribution is -2.17. The predicted octanol–water partition coefficient (Wildman–Crippen LogP) is 3.10. The molecular formula is C12H11BrF3N3O2. The van der Waals surface area contributed by atoms with Crippen LogP contribution < -0.4 is 9.47 Å². The monoisotopic (exact) mass is 365 g/mol. The Morgan fingerprint density at radius 1 is 1.29 bits per heavy atom. The Morgan fingerprint density at radius 3 is 2.62 bits per heavy atom. The Kier molecular flexibility index (Phi) is 4.71. The number of hydrogen-bond donors (Lipinski definition) is 0. The zero-order valence-electron chi connectivity index (χ0n) is 10.9. The Labute approximate surface area is 126 Å². The minimum absolute atomic E-state index is 0.112. The first-order valence-electron chi connectivity index (χ1n) is 5.87. The van der Waals surface area contributed by atoms with Crippen molar-refractivity contribution in [1.29, 1.82) is 0 Å². The standard InChI is InChI=1S/C12H11BrF3N3O2/c1-19-7-8(17-18-19)5-6-20-9-3-2-4-10(11(9)13)21-12(14,15)16/h2-4,7H,5-6H2,1H3. The minimum Gasteiger partial charge on any atom is -0.492 e. The van der Waals surface area contributed by atoms with Gasteiger partial charge in [0.05, 0.1) is 12.3 Å². The average Bonchev–Trinajstić information content (AvgIpc) is 2.78. The van der Waals surface area contributed by atoms with E-state index in [0.29, 0.717) is 6.42 Å². The highest BCUT2D eigenvalue weighted by Gasteiger charge is 2.32. The minimum atomic E-state index is -4.75. The van der Waals surface area contributed by atoms with Gasteiger partial charge >= 0.3 is 6.36 Å². The quantitative estimate of drug-likeness (QED) is 0.816. The molecule has 9 heteroatoms. The SMILES string of the molecule is Cn1cc(CCOc2cccc(OC(F)(F)F)c2Br)nn1. The summed E-state index contributed by atoms with van der Waals surface area (Å²) in [4.78, 5) is 0. The third-order valence-electron chi connectivity index (χ3n) is 2.42. The molecule has 21 heavy (non-hydrogen) atoms. The van der Waals surface area contributed by atoms with Gasteiger partial charge in [-0.15, -0.1) is 18.3 Å². The predicted molar refractivity (Wildman–Crippen MR) is 71.0 cm³/mol. The lowest BCUT2D eigenvalue weighted by molar-refractivity contribution is -0.274. The summed E-state index contributed by atoms with van der Waals surface area (Å²) in [6, 6.07) is 4.17. The molecule has 0 amide bonds. The molecule has 0 fully saturated rings. The summed E-state index contributed by atoms with van der Waals surface area (Å²) in [6.07, 6.45) is -2.52. The van der Waals surface area contributed by atoms with Crippen LogP contribution in [0.4, 0.5) is 13.2 Å². The first kappa shape index (κ1) is 15.6. The van der Waals surface area contributed by atoms with E-state index >= 15 is 0 Å². The highest BCUT2D eigenvalue weighted by molar-refractivity contribution is 9.10. The third-order valence-corrected chi connectivity index (χ3v) is 3.20. The number of nitrogens with zero attached hydrogens (tertiary/aromatic N) is 3. The van der Waals surface area contributed by atoms with Crippen molar-refractivity contribution in [1.82, 2.24) is 15.0 Å². The molecule has 0 radical (unpaired) electrons. The molecule has 0 saturated heterocycles. The number of aromatic nitrogens is 3. The molecule has 2 aromatic rings. The summed E-state index contributed by atoms with van der Waals surface area (Å²) in [5.74, 6) is -0.0832. The van der Waals surface area contributed by atoms with Crippen molar-refractivity contribution in [2.24, 2.45) is 7.05 Å². The molecule has 1 aromatic heterocycles. The number of ether oxygens (including phenoxy) is 2. The first-order chi connectivity index (χ1) is 9.85. The van der Waals surface area contributed by atoms with Gasteiger partial charge in [-0.2, -0.15) is 0 Å². The van der Waals surface area contributed by atoms with E-state index in [1.165, 1.54) is 12.1 Å². The first-order valence-corrected chi connectivity index (χ1v) is 6.67. The molecule has 0 spiro atoms. The van der Waals surface area contributed by atoms with Crippen LogP contribution in [0, 0.1) is 0 Å². The molecule has 114 valence electrons. The van der Waals surface area contributed by atoms with Crippen LogP contribution in [0.5, 0.6) is 11.5 Å². The van der Waals surface area contributed by atoms with E-state index in [-0.39, 0.29) is 22.6 Å². The van der Waals surface area contributed by atoms with Gasteiger partial charge in [0.25, 0.3) is 0 Å². The van der Waals surface area contributed by atoms with Crippen LogP contribution >= 0.6 is 15.9 Å². The van der Waals surface area contributed by atoms with E-state index in [2.05, 4.69) is 31.0 Å². The highest BCUT2D eigenvalue weighted by atomic mass is 79.9. The molecule has 0 aliphatic heterocycles. The van der Waals surface area contributed by atoms with Gasteiger partial charge in [-0.1, -0.05) is 11.3 Å². The molecule has 0 unspecified atom stereocenters. The maximum atomic E-state index is 12.2. The lowest BCUT2D eigenvalue weighted by Gasteiger charge is -2.13. The van der Waals surface area contributed by atoms with E-state index in [1.807, 2.05) is 0 Å². The maximum Gasteiger partial charge on any atom is 0.573 e. The second kappa shape index (κ2) is 6.33. The molecule has 0 atom stereocenters. The summed E-state index contributed by atoms with van der Waals surface area (Å²) in [7, 11) is 1.74. The van der Waals surface area contributed by atoms with Crippen LogP contribution in [0.1, 0.15) is 5.69 Å². The van der Waals surface area contributed by atoms with Gasteiger partial charge in [-0.05, 0) is 28.1 Å². The van der Waals surface area contributed by atoms with E-state index in [1.54, 1.807) is 24.0 Å². The van der Waals surface area contributed by atoms with Gasteiger partial charge in [0.2, 0.25) is 0 Å². The fourth-order valence-corrected chi connectivity index (χ4v) is 2.04. The number of hydrogen-bond acceptors (Lipinski definition) is 4. The van der Waals surface area contributed by atoms with E-state index < -0.39 is 6.36 Å². The summed E-state index contributed by atoms with van der Waals surface area (Å²) in [5, 5.41) is 7.65. The van der Waals surface area contributed by atoms with Gasteiger partial charge in [-0.3, -0.25) is 4.68 Å². The molecule has 0 N–H and O–H groups in total. The summed E-state index contributed by atoms with van der Waals surface area (Å²) >= 11 is 3.04. The number of benzene rings is 1. The number of alkyl halides is 3. The zero-order valence-corrected chi connectivity index (χ0v) is 12.5. The molecule has 0 aliphatic carbocycles. The Hall–Kier alpha value is -1.77. The molecule has 0 bridgehead atoms. The van der Waals surface area contributed by atoms with Crippen LogP contribution in [0.25, 0.3) is 0 Å². The van der Waals surface area contributed by atoms with Crippen molar-refractivity contribution in [3.05, 3.63) is 34.6 Å². The summed E-state index contributed by atoms with van der Waals surface area (Å²) < 4.78 is 47.7. The van der Waals surface area contributed by atoms with E-state index in [9.17, 15) is 13.2 Å². The van der Waals surface area contributed by atoms with Crippen LogP contribution in [0.3, 0.4) is 0 Å². The van der Waals surface area contributed by atoms with Crippen molar-refractivity contribution in [3.63, 3.8) is 0 Å². The number of rotatable bonds is 5. The topological polar surface area (TPSA) is 49.2 Å². The van der Waals surface area contributed by atoms with Crippen molar-refractivity contribution >= 4 is 15.9 Å². The fraction of sp³-hybridized carbons (Fsp3) is 0.333. The van der Waals surface area contributed by atoms with Gasteiger partial charge in [0.1, 0.15) is 16.0 Å². The smallest absolute Gasteiger partial charge is 0.492 e. The van der Waals surface area contributed by atoms with Crippen LogP contribution in [0.15, 0.2) is 28.9 Å². The third kappa shape index (κ3) is 4.62. The van der Waals surface area contributed by atoms with Crippen molar-refractivity contribution < 1.29 is 22.6 Å². The summed E-state index contributed by atoms with van der Waals surface area (Å²) in [6.45, 7) is 0.257. The van der Waals surface area contributed by atoms with E-state index in [4.69, 9.17) is 4.74 Å². The fourth-order valence-electron chi connectivity index (χ4n) is 1.58. The normalized spacial score (nSPS) is 11.5. The average molecular weight is 366 g/mol. The Morgan fingerprint density at radius 2 is 2.00 bits per heavy atom. The van der Waals surface area contributed by atoms with E-state index in [0.717, 1.165) is 5.69 Å². The molecule has 2 rings (SSSR count). The zero-order chi connectivity index (χ0) is 15.5. The van der Waals surface area contributed by atoms with Crippen LogP contribution in [0.2, 0.25) is 0 Å². The van der Waals surface area contributed by atoms with Gasteiger partial charge in [-0.25, -0.2) is 0 Å². The molecule has 0 saturated carbocycles. The molecular weight excluding hydrogens is 355 g/mol. The van der Waals surface area contributed by atoms with Crippen molar-refractivity contribution in [3.8, 4) is 11.5 Å². The number of aryl methyl sites for hydroxylation is 1. The second-order valence-electron chi connectivity index (χ2n) is 4.10. The number of halogens is 4. The van der Waals surface area contributed by atoms with Gasteiger partial charge in [0, 0.05) is 19.7 Å². The van der Waals surface area contributed by atoms with Crippen molar-refractivity contribution in [2.45, 2.75) is 12.8 Å². The van der Waals surface area contributed by atoms with Gasteiger partial charge in [0.15, 0.2) is 0 Å². The largest absolute Gasteiger partial charge is 0.573 e. The molecule has 0 aliphatic rings. The second-order valence-corrected chi connectivity index (χ2v) is 4.89. The van der Waals surface area contributed by atoms with Crippen molar-refractivity contribution in [2.75, 3.05) is 6.61 Å². The molecule has 5 nitrogen and oxygen atoms in total. The van der Waals surface area contributed by atoms with Crippen LogP contribution in [-0.4, -0.2) is 28.0 Å².